The molecule has 0 radical (unpaired) electrons. The molecule has 2 aromatic carbocycles. The number of rotatable bonds is 6. The van der Waals surface area contributed by atoms with E-state index in [0.29, 0.717) is 34.6 Å². The molecular weight excluding hydrogens is 405 g/mol. The lowest BCUT2D eigenvalue weighted by Gasteiger charge is -2.23. The van der Waals surface area contributed by atoms with Crippen molar-refractivity contribution in [2.24, 2.45) is 0 Å². The summed E-state index contributed by atoms with van der Waals surface area (Å²) in [4.78, 5) is 11.5. The molecule has 2 heterocycles. The zero-order valence-corrected chi connectivity index (χ0v) is 17.4. The second-order valence-corrected chi connectivity index (χ2v) is 7.59. The molecule has 146 valence electrons. The Balaban J connectivity index is 1.61. The van der Waals surface area contributed by atoms with Crippen LogP contribution in [-0.2, 0) is 13.1 Å². The number of hydrogen-bond donors (Lipinski definition) is 0. The number of aromatic nitrogens is 2. The van der Waals surface area contributed by atoms with E-state index in [1.54, 1.807) is 18.4 Å². The average Bonchev–Trinajstić information content (AvgIpc) is 3.16. The van der Waals surface area contributed by atoms with Gasteiger partial charge >= 0.3 is 0 Å². The fourth-order valence-corrected chi connectivity index (χ4v) is 3.58. The number of hydrogen-bond acceptors (Lipinski definition) is 4. The highest BCUT2D eigenvalue weighted by Gasteiger charge is 2.15. The summed E-state index contributed by atoms with van der Waals surface area (Å²) in [6.07, 6.45) is 1.66. The molecule has 0 saturated heterocycles. The maximum atomic E-state index is 6.29. The quantitative estimate of drug-likeness (QED) is 0.352. The van der Waals surface area contributed by atoms with Crippen LogP contribution in [0.5, 0.6) is 0 Å². The number of oxazole rings is 1. The molecule has 0 spiro atoms. The first-order valence-electron chi connectivity index (χ1n) is 9.21. The Morgan fingerprint density at radius 1 is 0.897 bits per heavy atom. The number of aryl methyl sites for hydroxylation is 1. The van der Waals surface area contributed by atoms with E-state index in [-0.39, 0.29) is 0 Å². The molecule has 2 aromatic heterocycles. The van der Waals surface area contributed by atoms with E-state index in [1.807, 2.05) is 49.4 Å². The molecule has 29 heavy (non-hydrogen) atoms. The van der Waals surface area contributed by atoms with Gasteiger partial charge in [0.2, 0.25) is 5.89 Å². The monoisotopic (exact) mass is 423 g/mol. The van der Waals surface area contributed by atoms with Gasteiger partial charge in [-0.1, -0.05) is 59.6 Å². The highest BCUT2D eigenvalue weighted by atomic mass is 35.5. The zero-order valence-electron chi connectivity index (χ0n) is 15.8. The second-order valence-electron chi connectivity index (χ2n) is 6.75. The fourth-order valence-electron chi connectivity index (χ4n) is 3.09. The molecule has 0 aliphatic heterocycles. The van der Waals surface area contributed by atoms with Crippen molar-refractivity contribution in [3.05, 3.63) is 100.0 Å². The number of pyridine rings is 1. The minimum atomic E-state index is 0.471. The van der Waals surface area contributed by atoms with Crippen molar-refractivity contribution in [3.8, 4) is 11.5 Å². The van der Waals surface area contributed by atoms with Gasteiger partial charge in [-0.2, -0.15) is 0 Å². The summed E-state index contributed by atoms with van der Waals surface area (Å²) in [7, 11) is 0. The van der Waals surface area contributed by atoms with Gasteiger partial charge in [0.1, 0.15) is 12.1 Å². The van der Waals surface area contributed by atoms with Crippen LogP contribution in [0.4, 0.5) is 5.82 Å². The minimum Gasteiger partial charge on any atom is -0.444 e. The van der Waals surface area contributed by atoms with Crippen LogP contribution in [-0.4, -0.2) is 9.97 Å². The standard InChI is InChI=1S/C23H19Cl2N3O/c1-16-6-5-9-22(26-16)28(13-17-7-3-2-4-8-17)14-19-15-29-23(27-19)20-11-10-18(24)12-21(20)25/h2-12,15H,13-14H2,1H3. The summed E-state index contributed by atoms with van der Waals surface area (Å²) in [5.74, 6) is 1.36. The van der Waals surface area contributed by atoms with Gasteiger partial charge in [-0.15, -0.1) is 0 Å². The Morgan fingerprint density at radius 3 is 2.48 bits per heavy atom. The van der Waals surface area contributed by atoms with Crippen molar-refractivity contribution >= 4 is 29.0 Å². The van der Waals surface area contributed by atoms with Crippen LogP contribution in [0, 0.1) is 6.92 Å². The summed E-state index contributed by atoms with van der Waals surface area (Å²) in [5, 5.41) is 1.08. The smallest absolute Gasteiger partial charge is 0.227 e. The number of benzene rings is 2. The van der Waals surface area contributed by atoms with E-state index in [0.717, 1.165) is 17.2 Å². The third-order valence-corrected chi connectivity index (χ3v) is 5.03. The van der Waals surface area contributed by atoms with E-state index in [9.17, 15) is 0 Å². The summed E-state index contributed by atoms with van der Waals surface area (Å²) in [6, 6.07) is 21.6. The van der Waals surface area contributed by atoms with Gasteiger partial charge in [0.15, 0.2) is 0 Å². The third kappa shape index (κ3) is 4.78. The highest BCUT2D eigenvalue weighted by Crippen LogP contribution is 2.30. The molecule has 0 fully saturated rings. The lowest BCUT2D eigenvalue weighted by atomic mass is 10.2. The molecule has 4 nitrogen and oxygen atoms in total. The van der Waals surface area contributed by atoms with Crippen LogP contribution < -0.4 is 4.90 Å². The minimum absolute atomic E-state index is 0.471. The lowest BCUT2D eigenvalue weighted by molar-refractivity contribution is 0.572. The number of halogens is 2. The van der Waals surface area contributed by atoms with Crippen molar-refractivity contribution in [2.75, 3.05) is 4.90 Å². The van der Waals surface area contributed by atoms with Gasteiger partial charge in [-0.05, 0) is 42.8 Å². The maximum Gasteiger partial charge on any atom is 0.227 e. The summed E-state index contributed by atoms with van der Waals surface area (Å²) in [6.45, 7) is 3.25. The molecule has 4 rings (SSSR count). The van der Waals surface area contributed by atoms with Gasteiger partial charge in [0, 0.05) is 17.3 Å². The first kappa shape index (κ1) is 19.5. The summed E-state index contributed by atoms with van der Waals surface area (Å²) in [5.41, 5.74) is 3.67. The topological polar surface area (TPSA) is 42.2 Å². The molecular formula is C23H19Cl2N3O. The molecule has 0 aliphatic rings. The Bertz CT molecular complexity index is 1110. The van der Waals surface area contributed by atoms with Crippen molar-refractivity contribution < 1.29 is 4.42 Å². The van der Waals surface area contributed by atoms with Gasteiger partial charge in [0.05, 0.1) is 22.8 Å². The van der Waals surface area contributed by atoms with Gasteiger partial charge in [-0.3, -0.25) is 0 Å². The molecule has 0 saturated carbocycles. The van der Waals surface area contributed by atoms with Crippen molar-refractivity contribution in [2.45, 2.75) is 20.0 Å². The molecule has 0 N–H and O–H groups in total. The molecule has 0 amide bonds. The zero-order chi connectivity index (χ0) is 20.2. The van der Waals surface area contributed by atoms with Crippen LogP contribution in [0.3, 0.4) is 0 Å². The Morgan fingerprint density at radius 2 is 1.72 bits per heavy atom. The maximum absolute atomic E-state index is 6.29. The van der Waals surface area contributed by atoms with Crippen LogP contribution in [0.15, 0.2) is 77.4 Å². The Labute approximate surface area is 179 Å². The Kier molecular flexibility index (Phi) is 5.84. The molecule has 6 heteroatoms. The summed E-state index contributed by atoms with van der Waals surface area (Å²) >= 11 is 12.3. The SMILES string of the molecule is Cc1cccc(N(Cc2ccccc2)Cc2coc(-c3ccc(Cl)cc3Cl)n2)n1. The largest absolute Gasteiger partial charge is 0.444 e. The van der Waals surface area contributed by atoms with E-state index < -0.39 is 0 Å². The third-order valence-electron chi connectivity index (χ3n) is 4.48. The predicted molar refractivity (Wildman–Crippen MR) is 117 cm³/mol. The lowest BCUT2D eigenvalue weighted by Crippen LogP contribution is -2.23. The van der Waals surface area contributed by atoms with Gasteiger partial charge in [0.25, 0.3) is 0 Å². The highest BCUT2D eigenvalue weighted by molar-refractivity contribution is 6.36. The van der Waals surface area contributed by atoms with E-state index in [4.69, 9.17) is 27.6 Å². The first-order chi connectivity index (χ1) is 14.1. The van der Waals surface area contributed by atoms with Crippen LogP contribution in [0.1, 0.15) is 17.0 Å². The summed E-state index contributed by atoms with van der Waals surface area (Å²) < 4.78 is 5.70. The molecule has 0 unspecified atom stereocenters. The van der Waals surface area contributed by atoms with Crippen LogP contribution in [0.2, 0.25) is 10.0 Å². The van der Waals surface area contributed by atoms with Gasteiger partial charge < -0.3 is 9.32 Å². The van der Waals surface area contributed by atoms with E-state index in [2.05, 4.69) is 27.0 Å². The first-order valence-corrected chi connectivity index (χ1v) is 9.96. The van der Waals surface area contributed by atoms with Gasteiger partial charge in [-0.25, -0.2) is 9.97 Å². The second kappa shape index (κ2) is 8.68. The van der Waals surface area contributed by atoms with Crippen molar-refractivity contribution in [1.29, 1.82) is 0 Å². The average molecular weight is 424 g/mol. The van der Waals surface area contributed by atoms with Crippen molar-refractivity contribution in [1.82, 2.24) is 9.97 Å². The molecule has 0 bridgehead atoms. The predicted octanol–water partition coefficient (Wildman–Crippen LogP) is 6.56. The molecule has 4 aromatic rings. The number of nitrogens with zero attached hydrogens (tertiary/aromatic N) is 3. The fraction of sp³-hybridized carbons (Fsp3) is 0.130. The van der Waals surface area contributed by atoms with E-state index >= 15 is 0 Å². The molecule has 0 aliphatic carbocycles. The van der Waals surface area contributed by atoms with Crippen molar-refractivity contribution in [3.63, 3.8) is 0 Å². The van der Waals surface area contributed by atoms with Crippen LogP contribution >= 0.6 is 23.2 Å². The van der Waals surface area contributed by atoms with Crippen LogP contribution in [0.25, 0.3) is 11.5 Å². The normalized spacial score (nSPS) is 10.9. The Hall–Kier alpha value is -2.82. The number of anilines is 1. The van der Waals surface area contributed by atoms with E-state index in [1.165, 1.54) is 5.56 Å². The molecule has 0 atom stereocenters.